The Morgan fingerprint density at radius 1 is 0.867 bits per heavy atom. The van der Waals surface area contributed by atoms with Crippen molar-refractivity contribution in [1.29, 1.82) is 0 Å². The van der Waals surface area contributed by atoms with E-state index in [1.165, 1.54) is 5.69 Å². The van der Waals surface area contributed by atoms with Gasteiger partial charge in [-0.2, -0.15) is 0 Å². The summed E-state index contributed by atoms with van der Waals surface area (Å²) in [4.78, 5) is 13.3. The summed E-state index contributed by atoms with van der Waals surface area (Å²) < 4.78 is 22.9. The lowest BCUT2D eigenvalue weighted by atomic mass is 10.0. The summed E-state index contributed by atoms with van der Waals surface area (Å²) in [7, 11) is 0. The van der Waals surface area contributed by atoms with Gasteiger partial charge in [0.2, 0.25) is 0 Å². The third-order valence-corrected chi connectivity index (χ3v) is 8.92. The summed E-state index contributed by atoms with van der Waals surface area (Å²) in [5.41, 5.74) is 4.31. The predicted molar refractivity (Wildman–Crippen MR) is 176 cm³/mol. The van der Waals surface area contributed by atoms with Crippen LogP contribution < -0.4 is 14.5 Å². The molecule has 1 unspecified atom stereocenters. The Bertz CT molecular complexity index is 1700. The van der Waals surface area contributed by atoms with Crippen molar-refractivity contribution in [3.8, 4) is 11.4 Å². The minimum absolute atomic E-state index is 0.358. The molecule has 0 amide bonds. The number of hydrogen-bond acceptors (Lipinski definition) is 7. The lowest BCUT2D eigenvalue weighted by Gasteiger charge is -2.37. The fourth-order valence-electron chi connectivity index (χ4n) is 5.95. The zero-order chi connectivity index (χ0) is 30.8. The quantitative estimate of drug-likeness (QED) is 0.180. The van der Waals surface area contributed by atoms with E-state index in [4.69, 9.17) is 37.4 Å². The second kappa shape index (κ2) is 13.1. The van der Waals surface area contributed by atoms with Crippen LogP contribution in [0.5, 0.6) is 5.75 Å². The number of aromatic nitrogens is 4. The maximum atomic E-state index is 6.65. The van der Waals surface area contributed by atoms with Crippen LogP contribution in [0.15, 0.2) is 97.8 Å². The number of piperazine rings is 1. The summed E-state index contributed by atoms with van der Waals surface area (Å²) >= 11 is 12.9. The molecule has 0 saturated carbocycles. The average molecular weight is 646 g/mol. The summed E-state index contributed by atoms with van der Waals surface area (Å²) in [6, 6.07) is 22.4. The van der Waals surface area contributed by atoms with Gasteiger partial charge < -0.3 is 33.1 Å². The van der Waals surface area contributed by atoms with Crippen LogP contribution in [0.1, 0.15) is 17.5 Å². The third kappa shape index (κ3) is 6.67. The van der Waals surface area contributed by atoms with E-state index in [1.807, 2.05) is 54.3 Å². The van der Waals surface area contributed by atoms with Crippen LogP contribution in [-0.4, -0.2) is 64.3 Å². The van der Waals surface area contributed by atoms with Gasteiger partial charge in [-0.3, -0.25) is 0 Å². The molecule has 232 valence electrons. The standard InChI is InChI=1S/C34H34Cl2N6O3/c1-24-38-13-15-42(24)28-5-3-26(4-6-28)40-16-18-41(19-17-40)27-7-9-29(10-8-27)44-34(30-11-2-25(35)20-31(30)36)32-22-43-33(45-32)21-39-14-12-37-23-39/h2-15,20,23,32-34H,16-19,21-22H2,1H3/t32-,33-,34?/m1/s1. The van der Waals surface area contributed by atoms with Gasteiger partial charge in [0.1, 0.15) is 17.7 Å². The molecular formula is C34H34Cl2N6O3. The molecule has 2 aliphatic heterocycles. The molecule has 3 atom stereocenters. The highest BCUT2D eigenvalue weighted by Crippen LogP contribution is 2.36. The molecule has 5 aromatic rings. The molecule has 0 radical (unpaired) electrons. The molecule has 7 rings (SSSR count). The van der Waals surface area contributed by atoms with Crippen LogP contribution >= 0.6 is 23.2 Å². The van der Waals surface area contributed by atoms with Gasteiger partial charge in [-0.25, -0.2) is 9.97 Å². The number of anilines is 2. The van der Waals surface area contributed by atoms with Crippen molar-refractivity contribution in [3.05, 3.63) is 119 Å². The number of benzene rings is 3. The Kier molecular flexibility index (Phi) is 8.67. The number of nitrogens with zero attached hydrogens (tertiary/aromatic N) is 6. The Labute approximate surface area is 272 Å². The van der Waals surface area contributed by atoms with E-state index in [0.717, 1.165) is 54.7 Å². The summed E-state index contributed by atoms with van der Waals surface area (Å²) in [5.74, 6) is 1.71. The Morgan fingerprint density at radius 2 is 1.56 bits per heavy atom. The van der Waals surface area contributed by atoms with E-state index in [9.17, 15) is 0 Å². The zero-order valence-electron chi connectivity index (χ0n) is 24.9. The molecule has 4 heterocycles. The minimum atomic E-state index is -0.485. The van der Waals surface area contributed by atoms with E-state index in [-0.39, 0.29) is 6.10 Å². The maximum Gasteiger partial charge on any atom is 0.176 e. The second-order valence-electron chi connectivity index (χ2n) is 11.2. The molecule has 45 heavy (non-hydrogen) atoms. The molecule has 0 bridgehead atoms. The first-order valence-electron chi connectivity index (χ1n) is 15.0. The SMILES string of the molecule is Cc1nccn1-c1ccc(N2CCN(c3ccc(OC(c4ccc(Cl)cc4Cl)[C@H]4CO[C@@H](Cn5ccnc5)O4)cc3)CC2)cc1. The van der Waals surface area contributed by atoms with Crippen molar-refractivity contribution in [2.45, 2.75) is 32.0 Å². The zero-order valence-corrected chi connectivity index (χ0v) is 26.4. The molecule has 2 aromatic heterocycles. The molecule has 2 saturated heterocycles. The van der Waals surface area contributed by atoms with Gasteiger partial charge in [0.25, 0.3) is 0 Å². The number of ether oxygens (including phenoxy) is 3. The number of halogens is 2. The first kappa shape index (κ1) is 29.7. The highest BCUT2D eigenvalue weighted by molar-refractivity contribution is 6.35. The van der Waals surface area contributed by atoms with Crippen LogP contribution in [0.4, 0.5) is 11.4 Å². The second-order valence-corrected chi connectivity index (χ2v) is 12.1. The van der Waals surface area contributed by atoms with Crippen LogP contribution in [0.3, 0.4) is 0 Å². The van der Waals surface area contributed by atoms with Crippen molar-refractivity contribution in [1.82, 2.24) is 19.1 Å². The molecule has 0 N–H and O–H groups in total. The number of imidazole rings is 2. The van der Waals surface area contributed by atoms with E-state index in [2.05, 4.69) is 60.7 Å². The highest BCUT2D eigenvalue weighted by atomic mass is 35.5. The van der Waals surface area contributed by atoms with E-state index in [1.54, 1.807) is 18.6 Å². The maximum absolute atomic E-state index is 6.65. The van der Waals surface area contributed by atoms with Crippen LogP contribution in [0.2, 0.25) is 10.0 Å². The van der Waals surface area contributed by atoms with Crippen molar-refractivity contribution in [3.63, 3.8) is 0 Å². The van der Waals surface area contributed by atoms with Crippen LogP contribution in [-0.2, 0) is 16.0 Å². The summed E-state index contributed by atoms with van der Waals surface area (Å²) in [6.07, 6.45) is 7.92. The van der Waals surface area contributed by atoms with E-state index in [0.29, 0.717) is 23.2 Å². The fraction of sp³-hybridized carbons (Fsp3) is 0.294. The molecule has 11 heteroatoms. The van der Waals surface area contributed by atoms with Gasteiger partial charge in [0, 0.05) is 83.6 Å². The van der Waals surface area contributed by atoms with Crippen molar-refractivity contribution < 1.29 is 14.2 Å². The Hall–Kier alpha value is -4.02. The Morgan fingerprint density at radius 3 is 2.18 bits per heavy atom. The van der Waals surface area contributed by atoms with Crippen molar-refractivity contribution in [2.24, 2.45) is 0 Å². The van der Waals surface area contributed by atoms with Crippen molar-refractivity contribution in [2.75, 3.05) is 42.6 Å². The first-order valence-corrected chi connectivity index (χ1v) is 15.8. The largest absolute Gasteiger partial charge is 0.483 e. The lowest BCUT2D eigenvalue weighted by Crippen LogP contribution is -2.46. The lowest BCUT2D eigenvalue weighted by molar-refractivity contribution is -0.0851. The van der Waals surface area contributed by atoms with Gasteiger partial charge in [-0.1, -0.05) is 29.3 Å². The average Bonchev–Trinajstić information content (AvgIpc) is 3.84. The highest BCUT2D eigenvalue weighted by Gasteiger charge is 2.36. The van der Waals surface area contributed by atoms with Crippen molar-refractivity contribution >= 4 is 34.6 Å². The molecule has 0 spiro atoms. The van der Waals surface area contributed by atoms with Gasteiger partial charge >= 0.3 is 0 Å². The van der Waals surface area contributed by atoms with Crippen LogP contribution in [0, 0.1) is 6.92 Å². The summed E-state index contributed by atoms with van der Waals surface area (Å²) in [5, 5.41) is 1.09. The number of hydrogen-bond donors (Lipinski definition) is 0. The van der Waals surface area contributed by atoms with E-state index >= 15 is 0 Å². The normalized spacial score (nSPS) is 19.2. The predicted octanol–water partition coefficient (Wildman–Crippen LogP) is 6.57. The number of aryl methyl sites for hydroxylation is 1. The van der Waals surface area contributed by atoms with Gasteiger partial charge in [0.15, 0.2) is 12.4 Å². The van der Waals surface area contributed by atoms with Gasteiger partial charge in [-0.15, -0.1) is 0 Å². The molecule has 2 aliphatic rings. The van der Waals surface area contributed by atoms with Gasteiger partial charge in [0.05, 0.1) is 19.5 Å². The number of rotatable bonds is 9. The topological polar surface area (TPSA) is 69.8 Å². The van der Waals surface area contributed by atoms with Gasteiger partial charge in [-0.05, 0) is 67.6 Å². The first-order chi connectivity index (χ1) is 22.0. The minimum Gasteiger partial charge on any atom is -0.483 e. The molecule has 3 aromatic carbocycles. The van der Waals surface area contributed by atoms with Crippen LogP contribution in [0.25, 0.3) is 5.69 Å². The fourth-order valence-corrected chi connectivity index (χ4v) is 6.46. The molecular weight excluding hydrogens is 611 g/mol. The monoisotopic (exact) mass is 644 g/mol. The smallest absolute Gasteiger partial charge is 0.176 e. The third-order valence-electron chi connectivity index (χ3n) is 8.36. The van der Waals surface area contributed by atoms with E-state index < -0.39 is 12.4 Å². The Balaban J connectivity index is 0.996. The molecule has 9 nitrogen and oxygen atoms in total. The molecule has 0 aliphatic carbocycles. The summed E-state index contributed by atoms with van der Waals surface area (Å²) in [6.45, 7) is 6.66. The molecule has 2 fully saturated rings.